The van der Waals surface area contributed by atoms with Gasteiger partial charge in [-0.2, -0.15) is 14.9 Å². The van der Waals surface area contributed by atoms with E-state index in [2.05, 4.69) is 33.5 Å². The molecule has 0 saturated heterocycles. The van der Waals surface area contributed by atoms with Gasteiger partial charge in [0.05, 0.1) is 12.3 Å². The molecule has 4 rings (SSSR count). The minimum absolute atomic E-state index is 0.0976. The second-order valence-electron chi connectivity index (χ2n) is 6.67. The van der Waals surface area contributed by atoms with Crippen LogP contribution in [0.1, 0.15) is 19.4 Å². The lowest BCUT2D eigenvalue weighted by Crippen LogP contribution is -2.05. The van der Waals surface area contributed by atoms with Crippen LogP contribution in [0.3, 0.4) is 0 Å². The number of H-pyrrole nitrogens is 1. The second-order valence-corrected chi connectivity index (χ2v) is 7.06. The Balaban J connectivity index is 1.73. The number of benzene rings is 3. The predicted octanol–water partition coefficient (Wildman–Crippen LogP) is 5.43. The van der Waals surface area contributed by atoms with Gasteiger partial charge in [-0.25, -0.2) is 5.10 Å². The van der Waals surface area contributed by atoms with Crippen LogP contribution in [0, 0.1) is 4.77 Å². The summed E-state index contributed by atoms with van der Waals surface area (Å²) >= 11 is 5.39. The van der Waals surface area contributed by atoms with Crippen LogP contribution >= 0.6 is 12.2 Å². The van der Waals surface area contributed by atoms with Gasteiger partial charge in [0.25, 0.3) is 0 Å². The van der Waals surface area contributed by atoms with Crippen molar-refractivity contribution in [2.75, 3.05) is 0 Å². The maximum atomic E-state index is 5.79. The van der Waals surface area contributed by atoms with E-state index in [9.17, 15) is 0 Å². The van der Waals surface area contributed by atoms with Gasteiger partial charge in [-0.05, 0) is 49.0 Å². The van der Waals surface area contributed by atoms with E-state index >= 15 is 0 Å². The van der Waals surface area contributed by atoms with Gasteiger partial charge in [-0.15, -0.1) is 0 Å². The molecule has 140 valence electrons. The molecular formula is C22H20N4OS. The number of rotatable bonds is 5. The molecule has 0 radical (unpaired) electrons. The average molecular weight is 388 g/mol. The molecule has 0 spiro atoms. The van der Waals surface area contributed by atoms with Crippen molar-refractivity contribution in [1.29, 1.82) is 0 Å². The maximum absolute atomic E-state index is 5.79. The highest BCUT2D eigenvalue weighted by Gasteiger charge is 2.10. The zero-order chi connectivity index (χ0) is 19.5. The Kier molecular flexibility index (Phi) is 5.04. The monoisotopic (exact) mass is 388 g/mol. The fourth-order valence-electron chi connectivity index (χ4n) is 3.05. The summed E-state index contributed by atoms with van der Waals surface area (Å²) in [4.78, 5) is 0. The highest BCUT2D eigenvalue weighted by molar-refractivity contribution is 7.71. The summed E-state index contributed by atoms with van der Waals surface area (Å²) in [5, 5.41) is 14.1. The molecule has 0 aliphatic carbocycles. The molecule has 0 fully saturated rings. The molecule has 0 atom stereocenters. The van der Waals surface area contributed by atoms with Crippen molar-refractivity contribution in [3.63, 3.8) is 0 Å². The first-order valence-electron chi connectivity index (χ1n) is 9.08. The Morgan fingerprint density at radius 2 is 1.86 bits per heavy atom. The molecule has 28 heavy (non-hydrogen) atoms. The molecule has 0 bridgehead atoms. The zero-order valence-electron chi connectivity index (χ0n) is 15.7. The molecule has 4 aromatic rings. The van der Waals surface area contributed by atoms with Crippen LogP contribution in [-0.2, 0) is 0 Å². The largest absolute Gasteiger partial charge is 0.491 e. The van der Waals surface area contributed by atoms with Crippen LogP contribution in [0.25, 0.3) is 22.2 Å². The molecule has 5 nitrogen and oxygen atoms in total. The lowest BCUT2D eigenvalue weighted by Gasteiger charge is -2.10. The van der Waals surface area contributed by atoms with E-state index in [0.29, 0.717) is 10.6 Å². The lowest BCUT2D eigenvalue weighted by molar-refractivity contribution is 0.242. The molecular weight excluding hydrogens is 368 g/mol. The fraction of sp³-hybridized carbons (Fsp3) is 0.136. The Hall–Kier alpha value is -3.25. The minimum Gasteiger partial charge on any atom is -0.491 e. The van der Waals surface area contributed by atoms with Crippen molar-refractivity contribution in [3.8, 4) is 17.1 Å². The number of hydrogen-bond acceptors (Lipinski definition) is 4. The van der Waals surface area contributed by atoms with E-state index in [1.165, 1.54) is 5.39 Å². The van der Waals surface area contributed by atoms with Crippen molar-refractivity contribution < 1.29 is 4.74 Å². The SMILES string of the molecule is CC(C)Oc1cccc(-c2n[nH]c(=S)n2N=Cc2cccc3ccccc23)c1. The average Bonchev–Trinajstić information content (AvgIpc) is 3.06. The summed E-state index contributed by atoms with van der Waals surface area (Å²) in [5.41, 5.74) is 1.89. The van der Waals surface area contributed by atoms with Crippen LogP contribution in [0.15, 0.2) is 71.8 Å². The first-order valence-corrected chi connectivity index (χ1v) is 9.49. The number of hydrogen-bond donors (Lipinski definition) is 1. The van der Waals surface area contributed by atoms with E-state index < -0.39 is 0 Å². The molecule has 1 aromatic heterocycles. The van der Waals surface area contributed by atoms with Gasteiger partial charge in [-0.3, -0.25) is 0 Å². The summed E-state index contributed by atoms with van der Waals surface area (Å²) in [6.45, 7) is 3.99. The van der Waals surface area contributed by atoms with E-state index in [-0.39, 0.29) is 6.10 Å². The number of aromatic nitrogens is 3. The van der Waals surface area contributed by atoms with Crippen LogP contribution in [0.4, 0.5) is 0 Å². The van der Waals surface area contributed by atoms with Crippen molar-refractivity contribution in [3.05, 3.63) is 77.1 Å². The predicted molar refractivity (Wildman–Crippen MR) is 116 cm³/mol. The van der Waals surface area contributed by atoms with Gasteiger partial charge >= 0.3 is 0 Å². The molecule has 0 aliphatic rings. The highest BCUT2D eigenvalue weighted by Crippen LogP contribution is 2.23. The normalized spacial score (nSPS) is 11.5. The van der Waals surface area contributed by atoms with Gasteiger partial charge < -0.3 is 4.74 Å². The van der Waals surface area contributed by atoms with E-state index in [1.807, 2.05) is 68.6 Å². The minimum atomic E-state index is 0.0976. The van der Waals surface area contributed by atoms with Gasteiger partial charge in [0, 0.05) is 11.1 Å². The third-order valence-electron chi connectivity index (χ3n) is 4.25. The quantitative estimate of drug-likeness (QED) is 0.366. The maximum Gasteiger partial charge on any atom is 0.216 e. The molecule has 6 heteroatoms. The summed E-state index contributed by atoms with van der Waals surface area (Å²) < 4.78 is 7.85. The number of nitrogens with one attached hydrogen (secondary N) is 1. The Morgan fingerprint density at radius 1 is 1.07 bits per heavy atom. The van der Waals surface area contributed by atoms with Crippen LogP contribution in [0.5, 0.6) is 5.75 Å². The first-order chi connectivity index (χ1) is 13.6. The van der Waals surface area contributed by atoms with Gasteiger partial charge in [-0.1, -0.05) is 54.6 Å². The summed E-state index contributed by atoms with van der Waals surface area (Å²) in [6.07, 6.45) is 1.91. The zero-order valence-corrected chi connectivity index (χ0v) is 16.5. The number of aromatic amines is 1. The van der Waals surface area contributed by atoms with E-state index in [1.54, 1.807) is 4.68 Å². The molecule has 0 saturated carbocycles. The molecule has 1 N–H and O–H groups in total. The number of fused-ring (bicyclic) bond motifs is 1. The second kappa shape index (κ2) is 7.78. The Bertz CT molecular complexity index is 1200. The standard InChI is InChI=1S/C22H20N4OS/c1-15(2)27-19-11-6-9-17(13-19)21-24-25-22(28)26(21)23-14-18-10-5-8-16-7-3-4-12-20(16)18/h3-15H,1-2H3,(H,25,28). The molecule has 1 heterocycles. The van der Waals surface area contributed by atoms with E-state index in [0.717, 1.165) is 22.3 Å². The summed E-state index contributed by atoms with van der Waals surface area (Å²) in [7, 11) is 0. The van der Waals surface area contributed by atoms with Crippen LogP contribution in [0.2, 0.25) is 0 Å². The van der Waals surface area contributed by atoms with Crippen molar-refractivity contribution in [2.24, 2.45) is 5.10 Å². The fourth-order valence-corrected chi connectivity index (χ4v) is 3.23. The van der Waals surface area contributed by atoms with Gasteiger partial charge in [0.2, 0.25) is 4.77 Å². The highest BCUT2D eigenvalue weighted by atomic mass is 32.1. The van der Waals surface area contributed by atoms with Crippen molar-refractivity contribution in [1.82, 2.24) is 14.9 Å². The third kappa shape index (κ3) is 3.73. The summed E-state index contributed by atoms with van der Waals surface area (Å²) in [5.74, 6) is 1.42. The van der Waals surface area contributed by atoms with Crippen LogP contribution in [-0.4, -0.2) is 27.2 Å². The van der Waals surface area contributed by atoms with Crippen molar-refractivity contribution in [2.45, 2.75) is 20.0 Å². The molecule has 0 amide bonds. The Labute approximate surface area is 168 Å². The molecule has 0 unspecified atom stereocenters. The first kappa shape index (κ1) is 18.1. The summed E-state index contributed by atoms with van der Waals surface area (Å²) in [6, 6.07) is 22.1. The Morgan fingerprint density at radius 3 is 2.71 bits per heavy atom. The number of nitrogens with zero attached hydrogens (tertiary/aromatic N) is 3. The smallest absolute Gasteiger partial charge is 0.216 e. The third-order valence-corrected chi connectivity index (χ3v) is 4.51. The van der Waals surface area contributed by atoms with Gasteiger partial charge in [0.15, 0.2) is 5.82 Å². The lowest BCUT2D eigenvalue weighted by atomic mass is 10.1. The van der Waals surface area contributed by atoms with Gasteiger partial charge in [0.1, 0.15) is 5.75 Å². The molecule has 0 aliphatic heterocycles. The molecule has 3 aromatic carbocycles. The van der Waals surface area contributed by atoms with Crippen LogP contribution < -0.4 is 4.74 Å². The van der Waals surface area contributed by atoms with E-state index in [4.69, 9.17) is 17.0 Å². The van der Waals surface area contributed by atoms with Crippen molar-refractivity contribution >= 4 is 29.2 Å². The number of ether oxygens (including phenoxy) is 1. The topological polar surface area (TPSA) is 55.2 Å².